The largest absolute Gasteiger partial charge is 0.392 e. The van der Waals surface area contributed by atoms with Crippen molar-refractivity contribution in [1.82, 2.24) is 0 Å². The van der Waals surface area contributed by atoms with Gasteiger partial charge in [0, 0.05) is 17.0 Å². The number of hydrogen-bond acceptors (Lipinski definition) is 2. The quantitative estimate of drug-likeness (QED) is 0.877. The molecule has 0 saturated heterocycles. The van der Waals surface area contributed by atoms with Crippen molar-refractivity contribution in [2.24, 2.45) is 4.99 Å². The van der Waals surface area contributed by atoms with E-state index in [1.165, 1.54) is 5.56 Å². The Morgan fingerprint density at radius 3 is 2.83 bits per heavy atom. The maximum absolute atomic E-state index is 9.36. The number of benzene rings is 2. The van der Waals surface area contributed by atoms with Gasteiger partial charge in [0.1, 0.15) is 0 Å². The highest BCUT2D eigenvalue weighted by atomic mass is 35.5. The second-order valence-electron chi connectivity index (χ2n) is 4.32. The summed E-state index contributed by atoms with van der Waals surface area (Å²) in [6, 6.07) is 13.6. The number of rotatable bonds is 2. The molecule has 3 rings (SSSR count). The van der Waals surface area contributed by atoms with Crippen molar-refractivity contribution < 1.29 is 5.11 Å². The molecule has 0 atom stereocenters. The zero-order valence-corrected chi connectivity index (χ0v) is 10.5. The summed E-state index contributed by atoms with van der Waals surface area (Å²) in [5, 5.41) is 10.1. The predicted molar refractivity (Wildman–Crippen MR) is 73.7 cm³/mol. The van der Waals surface area contributed by atoms with Crippen LogP contribution in [0.1, 0.15) is 16.7 Å². The van der Waals surface area contributed by atoms with Crippen LogP contribution >= 0.6 is 11.6 Å². The molecule has 0 amide bonds. The van der Waals surface area contributed by atoms with E-state index < -0.39 is 0 Å². The first-order chi connectivity index (χ1) is 8.78. The summed E-state index contributed by atoms with van der Waals surface area (Å²) < 4.78 is 0. The van der Waals surface area contributed by atoms with E-state index in [0.717, 1.165) is 28.9 Å². The van der Waals surface area contributed by atoms with Crippen molar-refractivity contribution in [3.05, 3.63) is 64.2 Å². The summed E-state index contributed by atoms with van der Waals surface area (Å²) in [6.45, 7) is 0.0340. The molecule has 2 aromatic carbocycles. The van der Waals surface area contributed by atoms with Crippen LogP contribution in [0.4, 0.5) is 5.69 Å². The Labute approximate surface area is 111 Å². The van der Waals surface area contributed by atoms with E-state index in [4.69, 9.17) is 11.6 Å². The van der Waals surface area contributed by atoms with E-state index in [1.54, 1.807) is 0 Å². The van der Waals surface area contributed by atoms with Gasteiger partial charge in [-0.05, 0) is 23.3 Å². The van der Waals surface area contributed by atoms with Gasteiger partial charge in [-0.15, -0.1) is 0 Å². The number of fused-ring (bicyclic) bond motifs is 1. The fourth-order valence-electron chi connectivity index (χ4n) is 2.25. The van der Waals surface area contributed by atoms with E-state index in [1.807, 2.05) is 42.5 Å². The van der Waals surface area contributed by atoms with E-state index in [-0.39, 0.29) is 6.61 Å². The van der Waals surface area contributed by atoms with Crippen LogP contribution in [0.15, 0.2) is 47.5 Å². The molecule has 0 bridgehead atoms. The van der Waals surface area contributed by atoms with E-state index in [0.29, 0.717) is 5.02 Å². The summed E-state index contributed by atoms with van der Waals surface area (Å²) in [5.74, 6) is 0. The molecule has 1 aliphatic rings. The third-order valence-corrected chi connectivity index (χ3v) is 3.39. The van der Waals surface area contributed by atoms with Gasteiger partial charge in [-0.25, -0.2) is 0 Å². The lowest BCUT2D eigenvalue weighted by Crippen LogP contribution is -2.04. The molecule has 18 heavy (non-hydrogen) atoms. The number of aliphatic hydroxyl groups excluding tert-OH is 1. The molecule has 2 nitrogen and oxygen atoms in total. The van der Waals surface area contributed by atoms with Crippen LogP contribution in [-0.4, -0.2) is 10.8 Å². The second kappa shape index (κ2) is 4.56. The fourth-order valence-corrected chi connectivity index (χ4v) is 2.42. The molecule has 90 valence electrons. The molecule has 0 aliphatic carbocycles. The van der Waals surface area contributed by atoms with E-state index in [9.17, 15) is 5.11 Å². The first-order valence-corrected chi connectivity index (χ1v) is 6.21. The standard InChI is InChI=1S/C15H12ClNO/c16-12-6-5-10-7-15(17-14(10)8-12)13-4-2-1-3-11(13)9-18/h1-6,8,18H,7,9H2. The summed E-state index contributed by atoms with van der Waals surface area (Å²) in [7, 11) is 0. The SMILES string of the molecule is OCc1ccccc1C1=Nc2cc(Cl)ccc2C1. The average molecular weight is 258 g/mol. The van der Waals surface area contributed by atoms with Gasteiger partial charge in [0.05, 0.1) is 18.0 Å². The summed E-state index contributed by atoms with van der Waals surface area (Å²) in [6.07, 6.45) is 0.795. The minimum absolute atomic E-state index is 0.0340. The molecule has 2 aromatic rings. The van der Waals surface area contributed by atoms with Gasteiger partial charge in [0.15, 0.2) is 0 Å². The van der Waals surface area contributed by atoms with Crippen LogP contribution in [0, 0.1) is 0 Å². The Morgan fingerprint density at radius 2 is 2.00 bits per heavy atom. The van der Waals surface area contributed by atoms with Gasteiger partial charge in [-0.3, -0.25) is 4.99 Å². The van der Waals surface area contributed by atoms with Crippen molar-refractivity contribution in [1.29, 1.82) is 0 Å². The maximum Gasteiger partial charge on any atom is 0.0688 e. The first-order valence-electron chi connectivity index (χ1n) is 5.83. The zero-order chi connectivity index (χ0) is 12.5. The number of aliphatic hydroxyl groups is 1. The Hall–Kier alpha value is -1.64. The lowest BCUT2D eigenvalue weighted by molar-refractivity contribution is 0.281. The second-order valence-corrected chi connectivity index (χ2v) is 4.76. The molecule has 1 aliphatic heterocycles. The molecule has 0 aromatic heterocycles. The highest BCUT2D eigenvalue weighted by molar-refractivity contribution is 6.31. The molecule has 0 spiro atoms. The van der Waals surface area contributed by atoms with Gasteiger partial charge >= 0.3 is 0 Å². The minimum atomic E-state index is 0.0340. The monoisotopic (exact) mass is 257 g/mol. The first kappa shape index (κ1) is 11.5. The number of aliphatic imine (C=N–C) groups is 1. The van der Waals surface area contributed by atoms with E-state index >= 15 is 0 Å². The summed E-state index contributed by atoms with van der Waals surface area (Å²) in [4.78, 5) is 4.61. The molecular formula is C15H12ClNO. The maximum atomic E-state index is 9.36. The molecule has 0 radical (unpaired) electrons. The molecule has 0 saturated carbocycles. The predicted octanol–water partition coefficient (Wildman–Crippen LogP) is 3.51. The van der Waals surface area contributed by atoms with Crippen LogP contribution in [0.25, 0.3) is 0 Å². The van der Waals surface area contributed by atoms with Gasteiger partial charge in [-0.1, -0.05) is 41.9 Å². The smallest absolute Gasteiger partial charge is 0.0688 e. The minimum Gasteiger partial charge on any atom is -0.392 e. The van der Waals surface area contributed by atoms with Gasteiger partial charge in [-0.2, -0.15) is 0 Å². The number of hydrogen-bond donors (Lipinski definition) is 1. The highest BCUT2D eigenvalue weighted by Gasteiger charge is 2.17. The Kier molecular flexibility index (Phi) is 2.90. The van der Waals surface area contributed by atoms with Crippen LogP contribution in [0.5, 0.6) is 0 Å². The van der Waals surface area contributed by atoms with Gasteiger partial charge < -0.3 is 5.11 Å². The van der Waals surface area contributed by atoms with Gasteiger partial charge in [0.25, 0.3) is 0 Å². The summed E-state index contributed by atoms with van der Waals surface area (Å²) in [5.41, 5.74) is 5.05. The zero-order valence-electron chi connectivity index (χ0n) is 9.73. The van der Waals surface area contributed by atoms with Crippen LogP contribution in [0.2, 0.25) is 5.02 Å². The fraction of sp³-hybridized carbons (Fsp3) is 0.133. The molecule has 1 N–H and O–H groups in total. The van der Waals surface area contributed by atoms with Crippen molar-refractivity contribution >= 4 is 23.0 Å². The van der Waals surface area contributed by atoms with Crippen LogP contribution in [-0.2, 0) is 13.0 Å². The Bertz CT molecular complexity index is 634. The summed E-state index contributed by atoms with van der Waals surface area (Å²) >= 11 is 5.97. The van der Waals surface area contributed by atoms with E-state index in [2.05, 4.69) is 4.99 Å². The molecule has 1 heterocycles. The van der Waals surface area contributed by atoms with Crippen LogP contribution < -0.4 is 0 Å². The topological polar surface area (TPSA) is 32.6 Å². The van der Waals surface area contributed by atoms with Crippen molar-refractivity contribution in [2.45, 2.75) is 13.0 Å². The van der Waals surface area contributed by atoms with Crippen LogP contribution in [0.3, 0.4) is 0 Å². The van der Waals surface area contributed by atoms with Crippen molar-refractivity contribution in [3.63, 3.8) is 0 Å². The van der Waals surface area contributed by atoms with Gasteiger partial charge in [0.2, 0.25) is 0 Å². The average Bonchev–Trinajstić information content (AvgIpc) is 2.81. The lowest BCUT2D eigenvalue weighted by Gasteiger charge is -2.06. The lowest BCUT2D eigenvalue weighted by atomic mass is 10.00. The number of nitrogens with zero attached hydrogens (tertiary/aromatic N) is 1. The molecular weight excluding hydrogens is 246 g/mol. The third kappa shape index (κ3) is 1.94. The number of halogens is 1. The Balaban J connectivity index is 2.04. The van der Waals surface area contributed by atoms with Crippen molar-refractivity contribution in [2.75, 3.05) is 0 Å². The van der Waals surface area contributed by atoms with Crippen molar-refractivity contribution in [3.8, 4) is 0 Å². The molecule has 3 heteroatoms. The Morgan fingerprint density at radius 1 is 1.17 bits per heavy atom. The third-order valence-electron chi connectivity index (χ3n) is 3.16. The molecule has 0 fully saturated rings. The normalized spacial score (nSPS) is 13.3. The highest BCUT2D eigenvalue weighted by Crippen LogP contribution is 2.31. The molecule has 0 unspecified atom stereocenters.